The highest BCUT2D eigenvalue weighted by atomic mass is 127. The first-order valence-electron chi connectivity index (χ1n) is 10.6. The number of hydrogen-bond acceptors (Lipinski definition) is 10. The van der Waals surface area contributed by atoms with Crippen molar-refractivity contribution >= 4 is 118 Å². The highest BCUT2D eigenvalue weighted by Gasteiger charge is 2.49. The molecule has 0 aliphatic carbocycles. The number of benzene rings is 2. The second-order valence-electron chi connectivity index (χ2n) is 8.40. The molecule has 0 aromatic heterocycles. The van der Waals surface area contributed by atoms with Crippen LogP contribution in [0.25, 0.3) is 0 Å². The molecule has 2 rings (SSSR count). The lowest BCUT2D eigenvalue weighted by atomic mass is 9.93. The Morgan fingerprint density at radius 1 is 0.829 bits per heavy atom. The van der Waals surface area contributed by atoms with Gasteiger partial charge < -0.3 is 24.4 Å². The highest BCUT2D eigenvalue weighted by Crippen LogP contribution is 2.33. The lowest BCUT2D eigenvalue weighted by molar-refractivity contribution is -0.222. The Kier molecular flexibility index (Phi) is 12.6. The highest BCUT2D eigenvalue weighted by molar-refractivity contribution is 14.1. The quantitative estimate of drug-likeness (QED) is 0.128. The second kappa shape index (κ2) is 14.2. The molecule has 0 saturated heterocycles. The number of phenols is 2. The van der Waals surface area contributed by atoms with Crippen LogP contribution in [0, 0.1) is 19.7 Å². The number of halogens is 7. The predicted octanol–water partition coefficient (Wildman–Crippen LogP) is 4.90. The van der Waals surface area contributed by atoms with E-state index in [2.05, 4.69) is 4.74 Å². The van der Waals surface area contributed by atoms with Crippen LogP contribution in [0.15, 0.2) is 24.3 Å². The Morgan fingerprint density at radius 3 is 1.54 bits per heavy atom. The van der Waals surface area contributed by atoms with Gasteiger partial charge in [-0.1, -0.05) is 0 Å². The van der Waals surface area contributed by atoms with Crippen molar-refractivity contribution in [1.29, 1.82) is 0 Å². The maximum atomic E-state index is 13.4. The van der Waals surface area contributed by atoms with E-state index in [1.54, 1.807) is 90.4 Å². The van der Waals surface area contributed by atoms with Crippen molar-refractivity contribution in [1.82, 2.24) is 0 Å². The van der Waals surface area contributed by atoms with Gasteiger partial charge in [-0.15, -0.1) is 0 Å². The zero-order valence-corrected chi connectivity index (χ0v) is 29.6. The summed E-state index contributed by atoms with van der Waals surface area (Å²) in [4.78, 5) is 38.6. The van der Waals surface area contributed by atoms with Crippen molar-refractivity contribution in [3.8, 4) is 11.5 Å². The van der Waals surface area contributed by atoms with E-state index in [1.807, 2.05) is 0 Å². The fraction of sp³-hybridized carbons (Fsp3) is 0.318. The van der Waals surface area contributed by atoms with Gasteiger partial charge in [-0.25, -0.2) is 9.59 Å². The second-order valence-corrected chi connectivity index (χ2v) is 14.5. The number of ether oxygens (including phenoxy) is 3. The van der Waals surface area contributed by atoms with E-state index in [1.165, 1.54) is 24.3 Å². The van der Waals surface area contributed by atoms with Crippen LogP contribution in [-0.4, -0.2) is 72.3 Å². The Balaban J connectivity index is 2.42. The van der Waals surface area contributed by atoms with Gasteiger partial charge in [0.15, 0.2) is 0 Å². The van der Waals surface area contributed by atoms with Crippen LogP contribution in [0.1, 0.15) is 27.6 Å². The maximum absolute atomic E-state index is 13.4. The summed E-state index contributed by atoms with van der Waals surface area (Å²) in [5.74, 6) is -7.13. The molecular formula is C22H17F3I4O11S. The molecule has 0 fully saturated rings. The average Bonchev–Trinajstić information content (AvgIpc) is 2.84. The van der Waals surface area contributed by atoms with Gasteiger partial charge >= 0.3 is 24.1 Å². The molecule has 19 heteroatoms. The molecule has 2 aromatic carbocycles. The third kappa shape index (κ3) is 9.79. The summed E-state index contributed by atoms with van der Waals surface area (Å²) < 4.78 is 87.0. The first-order chi connectivity index (χ1) is 18.7. The molecule has 2 aromatic rings. The topological polar surface area (TPSA) is 174 Å². The van der Waals surface area contributed by atoms with Crippen molar-refractivity contribution in [3.05, 3.63) is 49.7 Å². The summed E-state index contributed by atoms with van der Waals surface area (Å²) in [6, 6.07) is 5.91. The Hall–Kier alpha value is -0.930. The molecule has 0 amide bonds. The van der Waals surface area contributed by atoms with Crippen LogP contribution >= 0.6 is 90.4 Å². The van der Waals surface area contributed by atoms with E-state index in [9.17, 15) is 46.2 Å². The molecule has 0 bridgehead atoms. The van der Waals surface area contributed by atoms with Crippen LogP contribution in [0.4, 0.5) is 13.2 Å². The minimum absolute atomic E-state index is 0.232. The largest absolute Gasteiger partial charge is 0.506 e. The zero-order chi connectivity index (χ0) is 31.5. The van der Waals surface area contributed by atoms with Crippen LogP contribution in [-0.2, 0) is 29.1 Å². The summed E-state index contributed by atoms with van der Waals surface area (Å²) in [7, 11) is -5.27. The Labute approximate surface area is 285 Å². The predicted molar refractivity (Wildman–Crippen MR) is 168 cm³/mol. The normalized spacial score (nSPS) is 12.9. The smallest absolute Gasteiger partial charge is 0.426 e. The molecule has 0 aliphatic heterocycles. The molecule has 0 heterocycles. The van der Waals surface area contributed by atoms with Crippen LogP contribution in [0.5, 0.6) is 11.5 Å². The molecular weight excluding hydrogens is 1040 g/mol. The summed E-state index contributed by atoms with van der Waals surface area (Å²) in [6.07, 6.45) is -8.76. The van der Waals surface area contributed by atoms with Crippen molar-refractivity contribution in [2.45, 2.75) is 19.2 Å². The van der Waals surface area contributed by atoms with Crippen molar-refractivity contribution in [2.75, 3.05) is 19.0 Å². The SMILES string of the molecule is CC(COC(=O)c1c(I)ccc(I)c1O)(COC(=O)c1c(I)ccc(I)c1O)C(=O)OC(CS(=O)(=O)O)C(F)(F)F. The number of phenolic OH excluding ortho intramolecular Hbond substituents is 2. The Bertz CT molecular complexity index is 1390. The minimum Gasteiger partial charge on any atom is -0.506 e. The zero-order valence-electron chi connectivity index (χ0n) is 20.2. The van der Waals surface area contributed by atoms with Gasteiger partial charge in [0.25, 0.3) is 10.1 Å². The number of carbonyl (C=O) groups excluding carboxylic acids is 3. The van der Waals surface area contributed by atoms with E-state index in [-0.39, 0.29) is 25.4 Å². The van der Waals surface area contributed by atoms with Crippen LogP contribution in [0.2, 0.25) is 0 Å². The van der Waals surface area contributed by atoms with Gasteiger partial charge in [0.05, 0.1) is 7.14 Å². The van der Waals surface area contributed by atoms with Gasteiger partial charge in [-0.2, -0.15) is 21.6 Å². The van der Waals surface area contributed by atoms with Gasteiger partial charge in [0.1, 0.15) is 47.0 Å². The summed E-state index contributed by atoms with van der Waals surface area (Å²) in [5.41, 5.74) is -3.01. The number of hydrogen-bond donors (Lipinski definition) is 3. The molecule has 0 saturated carbocycles. The Morgan fingerprint density at radius 2 is 1.20 bits per heavy atom. The van der Waals surface area contributed by atoms with E-state index in [0.717, 1.165) is 6.92 Å². The van der Waals surface area contributed by atoms with E-state index >= 15 is 0 Å². The van der Waals surface area contributed by atoms with Gasteiger partial charge in [-0.05, 0) is 122 Å². The van der Waals surface area contributed by atoms with Gasteiger partial charge in [0, 0.05) is 7.14 Å². The molecule has 41 heavy (non-hydrogen) atoms. The number of esters is 3. The van der Waals surface area contributed by atoms with Crippen LogP contribution in [0.3, 0.4) is 0 Å². The number of rotatable bonds is 10. The van der Waals surface area contributed by atoms with Gasteiger partial charge in [-0.3, -0.25) is 9.35 Å². The minimum atomic E-state index is -5.44. The maximum Gasteiger partial charge on any atom is 0.426 e. The number of carbonyl (C=O) groups is 3. The third-order valence-electron chi connectivity index (χ3n) is 5.08. The molecule has 1 unspecified atom stereocenters. The lowest BCUT2D eigenvalue weighted by Crippen LogP contribution is -2.46. The fourth-order valence-corrected chi connectivity index (χ4v) is 5.73. The summed E-state index contributed by atoms with van der Waals surface area (Å²) in [6.45, 7) is -1.22. The van der Waals surface area contributed by atoms with E-state index < -0.39 is 76.2 Å². The molecule has 0 aliphatic rings. The fourth-order valence-electron chi connectivity index (χ4n) is 2.88. The van der Waals surface area contributed by atoms with Crippen molar-refractivity contribution < 1.29 is 64.9 Å². The van der Waals surface area contributed by atoms with Crippen molar-refractivity contribution in [3.63, 3.8) is 0 Å². The van der Waals surface area contributed by atoms with Crippen LogP contribution < -0.4 is 0 Å². The summed E-state index contributed by atoms with van der Waals surface area (Å²) in [5, 5.41) is 20.6. The monoisotopic (exact) mass is 1050 g/mol. The standard InChI is InChI=1S/C22H17F3I4O11S/c1-21(20(34)40-13(22(23,24)25)6-41(35,36)37,7-38-18(32)14-9(26)2-4-11(28)16(14)30)8-39-19(33)15-10(27)3-5-12(29)17(15)31/h2-5,13,30-31H,6-8H2,1H3,(H,35,36,37). The lowest BCUT2D eigenvalue weighted by Gasteiger charge is -2.29. The molecule has 0 spiro atoms. The first kappa shape index (κ1) is 36.3. The molecule has 1 atom stereocenters. The molecule has 226 valence electrons. The average molecular weight is 1050 g/mol. The molecule has 11 nitrogen and oxygen atoms in total. The third-order valence-corrected chi connectivity index (χ3v) is 9.34. The molecule has 3 N–H and O–H groups in total. The first-order valence-corrected chi connectivity index (χ1v) is 16.5. The number of aromatic hydroxyl groups is 2. The van der Waals surface area contributed by atoms with Crippen molar-refractivity contribution in [2.24, 2.45) is 5.41 Å². The van der Waals surface area contributed by atoms with Gasteiger partial charge in [0.2, 0.25) is 6.10 Å². The number of alkyl halides is 3. The van der Waals surface area contributed by atoms with E-state index in [4.69, 9.17) is 14.0 Å². The molecule has 0 radical (unpaired) electrons. The summed E-state index contributed by atoms with van der Waals surface area (Å²) >= 11 is 6.89. The van der Waals surface area contributed by atoms with E-state index in [0.29, 0.717) is 0 Å².